The summed E-state index contributed by atoms with van der Waals surface area (Å²) < 4.78 is 0. The molecule has 0 aliphatic rings. The molecule has 92 valence electrons. The van der Waals surface area contributed by atoms with E-state index in [0.29, 0.717) is 0 Å². The maximum Gasteiger partial charge on any atom is -0.0412 e. The SMILES string of the molecule is CCC(C)CC(CC)CC(C)CC(C)C. The van der Waals surface area contributed by atoms with Crippen molar-refractivity contribution in [1.29, 1.82) is 0 Å². The minimum atomic E-state index is 0.862. The molecule has 0 aliphatic heterocycles. The van der Waals surface area contributed by atoms with Gasteiger partial charge in [0.25, 0.3) is 0 Å². The van der Waals surface area contributed by atoms with Crippen LogP contribution in [0.5, 0.6) is 0 Å². The lowest BCUT2D eigenvalue weighted by molar-refractivity contribution is 0.287. The Hall–Kier alpha value is 0. The zero-order valence-electron chi connectivity index (χ0n) is 11.8. The van der Waals surface area contributed by atoms with Crippen molar-refractivity contribution < 1.29 is 0 Å². The second-order valence-corrected chi connectivity index (χ2v) is 5.99. The maximum absolute atomic E-state index is 2.43. The topological polar surface area (TPSA) is 0 Å². The second-order valence-electron chi connectivity index (χ2n) is 5.99. The van der Waals surface area contributed by atoms with Gasteiger partial charge in [-0.05, 0) is 42.9 Å². The standard InChI is InChI=1S/C15H32/c1-7-13(5)10-15(8-2)11-14(6)9-12(3)4/h12-15H,7-11H2,1-6H3. The molecule has 0 saturated heterocycles. The molecule has 0 aliphatic carbocycles. The summed E-state index contributed by atoms with van der Waals surface area (Å²) in [5.41, 5.74) is 0. The van der Waals surface area contributed by atoms with Crippen LogP contribution in [0.15, 0.2) is 0 Å². The smallest absolute Gasteiger partial charge is 0.0412 e. The van der Waals surface area contributed by atoms with Crippen LogP contribution in [-0.2, 0) is 0 Å². The van der Waals surface area contributed by atoms with E-state index >= 15 is 0 Å². The van der Waals surface area contributed by atoms with E-state index in [1.54, 1.807) is 0 Å². The molecule has 15 heavy (non-hydrogen) atoms. The number of hydrogen-bond donors (Lipinski definition) is 0. The summed E-state index contributed by atoms with van der Waals surface area (Å²) >= 11 is 0. The Balaban J connectivity index is 3.87. The molecule has 0 aromatic rings. The lowest BCUT2D eigenvalue weighted by Crippen LogP contribution is -2.11. The van der Waals surface area contributed by atoms with Gasteiger partial charge in [0.1, 0.15) is 0 Å². The van der Waals surface area contributed by atoms with Crippen molar-refractivity contribution in [1.82, 2.24) is 0 Å². The van der Waals surface area contributed by atoms with E-state index in [9.17, 15) is 0 Å². The molecule has 3 unspecified atom stereocenters. The van der Waals surface area contributed by atoms with Crippen LogP contribution in [0.1, 0.15) is 73.6 Å². The summed E-state index contributed by atoms with van der Waals surface area (Å²) in [5.74, 6) is 3.66. The van der Waals surface area contributed by atoms with Gasteiger partial charge in [-0.3, -0.25) is 0 Å². The highest BCUT2D eigenvalue weighted by Crippen LogP contribution is 2.27. The summed E-state index contributed by atoms with van der Waals surface area (Å²) in [7, 11) is 0. The molecule has 0 radical (unpaired) electrons. The van der Waals surface area contributed by atoms with Crippen LogP contribution in [0, 0.1) is 23.7 Å². The molecule has 0 spiro atoms. The fraction of sp³-hybridized carbons (Fsp3) is 1.00. The first-order chi connectivity index (χ1) is 6.99. The van der Waals surface area contributed by atoms with Crippen molar-refractivity contribution in [2.45, 2.75) is 73.6 Å². The highest BCUT2D eigenvalue weighted by atomic mass is 14.2. The van der Waals surface area contributed by atoms with E-state index in [1.807, 2.05) is 0 Å². The van der Waals surface area contributed by atoms with Gasteiger partial charge in [0.05, 0.1) is 0 Å². The van der Waals surface area contributed by atoms with Crippen LogP contribution in [0.25, 0.3) is 0 Å². The van der Waals surface area contributed by atoms with Gasteiger partial charge in [-0.25, -0.2) is 0 Å². The maximum atomic E-state index is 2.43. The Morgan fingerprint density at radius 2 is 1.20 bits per heavy atom. The monoisotopic (exact) mass is 212 g/mol. The third-order valence-electron chi connectivity index (χ3n) is 3.62. The van der Waals surface area contributed by atoms with Crippen molar-refractivity contribution in [2.24, 2.45) is 23.7 Å². The van der Waals surface area contributed by atoms with Crippen LogP contribution in [0.2, 0.25) is 0 Å². The molecular weight excluding hydrogens is 180 g/mol. The van der Waals surface area contributed by atoms with Gasteiger partial charge in [-0.1, -0.05) is 54.4 Å². The molecule has 0 aromatic heterocycles. The predicted octanol–water partition coefficient (Wildman–Crippen LogP) is 5.52. The molecule has 0 saturated carbocycles. The molecular formula is C15H32. The quantitative estimate of drug-likeness (QED) is 0.497. The Bertz CT molecular complexity index is 137. The second kappa shape index (κ2) is 8.19. The van der Waals surface area contributed by atoms with E-state index < -0.39 is 0 Å². The minimum Gasteiger partial charge on any atom is -0.0651 e. The largest absolute Gasteiger partial charge is 0.0651 e. The molecule has 0 fully saturated rings. The molecule has 0 heteroatoms. The highest BCUT2D eigenvalue weighted by Gasteiger charge is 2.14. The lowest BCUT2D eigenvalue weighted by atomic mass is 9.83. The van der Waals surface area contributed by atoms with Crippen LogP contribution in [0.3, 0.4) is 0 Å². The van der Waals surface area contributed by atoms with Gasteiger partial charge in [-0.2, -0.15) is 0 Å². The number of rotatable bonds is 8. The summed E-state index contributed by atoms with van der Waals surface area (Å²) in [6, 6.07) is 0. The first-order valence-corrected chi connectivity index (χ1v) is 6.99. The van der Waals surface area contributed by atoms with Crippen molar-refractivity contribution >= 4 is 0 Å². The van der Waals surface area contributed by atoms with E-state index in [0.717, 1.165) is 23.7 Å². The Morgan fingerprint density at radius 3 is 1.60 bits per heavy atom. The predicted molar refractivity (Wildman–Crippen MR) is 71.1 cm³/mol. The Morgan fingerprint density at radius 1 is 0.667 bits per heavy atom. The summed E-state index contributed by atoms with van der Waals surface area (Å²) in [4.78, 5) is 0. The normalized spacial score (nSPS) is 17.8. The molecule has 0 bridgehead atoms. The Labute approximate surface area is 97.8 Å². The number of hydrogen-bond acceptors (Lipinski definition) is 0. The zero-order chi connectivity index (χ0) is 11.8. The third-order valence-corrected chi connectivity index (χ3v) is 3.62. The van der Waals surface area contributed by atoms with Gasteiger partial charge >= 0.3 is 0 Å². The van der Waals surface area contributed by atoms with Gasteiger partial charge in [-0.15, -0.1) is 0 Å². The molecule has 0 amide bonds. The summed E-state index contributed by atoms with van der Waals surface area (Å²) in [6.07, 6.45) is 6.99. The molecule has 3 atom stereocenters. The lowest BCUT2D eigenvalue weighted by Gasteiger charge is -2.23. The van der Waals surface area contributed by atoms with Crippen LogP contribution in [0.4, 0.5) is 0 Å². The van der Waals surface area contributed by atoms with Crippen molar-refractivity contribution in [2.75, 3.05) is 0 Å². The van der Waals surface area contributed by atoms with Gasteiger partial charge in [0.15, 0.2) is 0 Å². The van der Waals surface area contributed by atoms with E-state index in [1.165, 1.54) is 32.1 Å². The first-order valence-electron chi connectivity index (χ1n) is 6.99. The van der Waals surface area contributed by atoms with Crippen molar-refractivity contribution in [3.8, 4) is 0 Å². The van der Waals surface area contributed by atoms with Crippen LogP contribution in [-0.4, -0.2) is 0 Å². The molecule has 0 N–H and O–H groups in total. The van der Waals surface area contributed by atoms with E-state index in [-0.39, 0.29) is 0 Å². The zero-order valence-corrected chi connectivity index (χ0v) is 11.8. The van der Waals surface area contributed by atoms with E-state index in [4.69, 9.17) is 0 Å². The van der Waals surface area contributed by atoms with Gasteiger partial charge < -0.3 is 0 Å². The molecule has 0 rings (SSSR count). The van der Waals surface area contributed by atoms with Gasteiger partial charge in [0.2, 0.25) is 0 Å². The molecule has 0 nitrogen and oxygen atoms in total. The van der Waals surface area contributed by atoms with Gasteiger partial charge in [0, 0.05) is 0 Å². The van der Waals surface area contributed by atoms with Crippen LogP contribution >= 0.6 is 0 Å². The minimum absolute atomic E-state index is 0.862. The van der Waals surface area contributed by atoms with E-state index in [2.05, 4.69) is 41.5 Å². The summed E-state index contributed by atoms with van der Waals surface area (Å²) in [6.45, 7) is 14.2. The first kappa shape index (κ1) is 15.0. The van der Waals surface area contributed by atoms with Crippen molar-refractivity contribution in [3.63, 3.8) is 0 Å². The Kier molecular flexibility index (Phi) is 8.19. The molecule has 0 aromatic carbocycles. The van der Waals surface area contributed by atoms with Crippen LogP contribution < -0.4 is 0 Å². The highest BCUT2D eigenvalue weighted by molar-refractivity contribution is 4.66. The summed E-state index contributed by atoms with van der Waals surface area (Å²) in [5, 5.41) is 0. The molecule has 0 heterocycles. The average Bonchev–Trinajstić information content (AvgIpc) is 2.15. The third kappa shape index (κ3) is 7.88. The average molecular weight is 212 g/mol. The van der Waals surface area contributed by atoms with Crippen molar-refractivity contribution in [3.05, 3.63) is 0 Å². The fourth-order valence-electron chi connectivity index (χ4n) is 2.64. The fourth-order valence-corrected chi connectivity index (χ4v) is 2.64.